The van der Waals surface area contributed by atoms with Gasteiger partial charge in [-0.15, -0.1) is 0 Å². The third-order valence-corrected chi connectivity index (χ3v) is 5.75. The molecular weight excluding hydrogens is 372 g/mol. The van der Waals surface area contributed by atoms with Crippen LogP contribution in [0.3, 0.4) is 0 Å². The fraction of sp³-hybridized carbons (Fsp3) is 0.571. The van der Waals surface area contributed by atoms with Gasteiger partial charge < -0.3 is 14.8 Å². The molecule has 1 atom stereocenters. The van der Waals surface area contributed by atoms with Gasteiger partial charge in [-0.1, -0.05) is 0 Å². The molecule has 1 saturated heterocycles. The number of ether oxygens (including phenoxy) is 2. The summed E-state index contributed by atoms with van der Waals surface area (Å²) < 4.78 is 38.8. The number of methoxy groups -OCH3 is 2. The number of piperidine rings is 1. The largest absolute Gasteiger partial charge is 0.496 e. The first-order chi connectivity index (χ1) is 10.5. The van der Waals surface area contributed by atoms with E-state index in [0.29, 0.717) is 22.7 Å². The highest BCUT2D eigenvalue weighted by molar-refractivity contribution is 9.10. The molecule has 0 spiro atoms. The summed E-state index contributed by atoms with van der Waals surface area (Å²) in [6.07, 6.45) is 2.10. The van der Waals surface area contributed by atoms with Crippen LogP contribution in [0.25, 0.3) is 0 Å². The van der Waals surface area contributed by atoms with E-state index < -0.39 is 10.0 Å². The summed E-state index contributed by atoms with van der Waals surface area (Å²) in [5.41, 5.74) is 0. The number of hydrogen-bond acceptors (Lipinski definition) is 5. The Labute approximate surface area is 139 Å². The summed E-state index contributed by atoms with van der Waals surface area (Å²) in [6, 6.07) is 3.06. The maximum Gasteiger partial charge on any atom is 0.244 e. The van der Waals surface area contributed by atoms with Crippen LogP contribution >= 0.6 is 15.9 Å². The van der Waals surface area contributed by atoms with Crippen LogP contribution in [0, 0.1) is 5.92 Å². The Kier molecular flexibility index (Phi) is 6.08. The normalized spacial score (nSPS) is 19.0. The average molecular weight is 393 g/mol. The Balaban J connectivity index is 2.20. The van der Waals surface area contributed by atoms with Crippen molar-refractivity contribution in [3.63, 3.8) is 0 Å². The molecule has 1 aliphatic heterocycles. The molecule has 2 N–H and O–H groups in total. The van der Waals surface area contributed by atoms with Crippen molar-refractivity contribution in [1.29, 1.82) is 0 Å². The first-order valence-electron chi connectivity index (χ1n) is 7.10. The first kappa shape index (κ1) is 17.5. The van der Waals surface area contributed by atoms with Crippen molar-refractivity contribution in [2.75, 3.05) is 33.9 Å². The predicted molar refractivity (Wildman–Crippen MR) is 88.0 cm³/mol. The molecule has 0 amide bonds. The number of sulfonamides is 1. The van der Waals surface area contributed by atoms with Gasteiger partial charge in [-0.05, 0) is 53.8 Å². The van der Waals surface area contributed by atoms with E-state index in [-0.39, 0.29) is 10.6 Å². The van der Waals surface area contributed by atoms with Crippen molar-refractivity contribution >= 4 is 26.0 Å². The molecule has 8 heteroatoms. The first-order valence-corrected chi connectivity index (χ1v) is 9.37. The van der Waals surface area contributed by atoms with Crippen LogP contribution in [-0.2, 0) is 10.0 Å². The summed E-state index contributed by atoms with van der Waals surface area (Å²) in [6.45, 7) is 2.25. The molecule has 1 aromatic rings. The van der Waals surface area contributed by atoms with Crippen molar-refractivity contribution in [1.82, 2.24) is 10.0 Å². The van der Waals surface area contributed by atoms with Gasteiger partial charge in [0.15, 0.2) is 0 Å². The summed E-state index contributed by atoms with van der Waals surface area (Å²) in [5.74, 6) is 1.04. The van der Waals surface area contributed by atoms with E-state index in [0.717, 1.165) is 25.9 Å². The lowest BCUT2D eigenvalue weighted by Crippen LogP contribution is -2.38. The van der Waals surface area contributed by atoms with Gasteiger partial charge >= 0.3 is 0 Å². The van der Waals surface area contributed by atoms with E-state index in [1.165, 1.54) is 20.3 Å². The van der Waals surface area contributed by atoms with E-state index in [4.69, 9.17) is 9.47 Å². The Morgan fingerprint density at radius 3 is 2.64 bits per heavy atom. The van der Waals surface area contributed by atoms with E-state index >= 15 is 0 Å². The van der Waals surface area contributed by atoms with Crippen molar-refractivity contribution in [2.45, 2.75) is 17.7 Å². The van der Waals surface area contributed by atoms with Crippen LogP contribution in [0.2, 0.25) is 0 Å². The highest BCUT2D eigenvalue weighted by Gasteiger charge is 2.24. The Bertz CT molecular complexity index is 616. The number of rotatable bonds is 6. The molecule has 1 aromatic carbocycles. The van der Waals surface area contributed by atoms with Crippen molar-refractivity contribution < 1.29 is 17.9 Å². The average Bonchev–Trinajstić information content (AvgIpc) is 2.53. The van der Waals surface area contributed by atoms with Gasteiger partial charge in [-0.2, -0.15) is 0 Å². The zero-order valence-electron chi connectivity index (χ0n) is 12.7. The van der Waals surface area contributed by atoms with E-state index in [2.05, 4.69) is 26.0 Å². The second-order valence-electron chi connectivity index (χ2n) is 5.20. The third-order valence-electron chi connectivity index (χ3n) is 3.69. The quantitative estimate of drug-likeness (QED) is 0.770. The third kappa shape index (κ3) is 4.13. The molecule has 1 aliphatic rings. The molecule has 124 valence electrons. The van der Waals surface area contributed by atoms with Gasteiger partial charge in [-0.25, -0.2) is 13.1 Å². The second-order valence-corrected chi connectivity index (χ2v) is 7.79. The predicted octanol–water partition coefficient (Wildman–Crippen LogP) is 1.74. The molecule has 0 radical (unpaired) electrons. The van der Waals surface area contributed by atoms with Crippen molar-refractivity contribution in [3.05, 3.63) is 16.6 Å². The SMILES string of the molecule is COc1cc(S(=O)(=O)NCC2CCCNC2)c(OC)cc1Br. The fourth-order valence-corrected chi connectivity index (χ4v) is 4.21. The van der Waals surface area contributed by atoms with Crippen LogP contribution in [0.5, 0.6) is 11.5 Å². The Morgan fingerprint density at radius 1 is 1.32 bits per heavy atom. The number of hydrogen-bond donors (Lipinski definition) is 2. The standard InChI is InChI=1S/C14H21BrN2O4S/c1-20-12-7-14(13(21-2)6-11(12)15)22(18,19)17-9-10-4-3-5-16-8-10/h6-7,10,16-17H,3-5,8-9H2,1-2H3. The molecule has 6 nitrogen and oxygen atoms in total. The van der Waals surface area contributed by atoms with Gasteiger partial charge in [0, 0.05) is 12.6 Å². The number of nitrogens with one attached hydrogen (secondary N) is 2. The lowest BCUT2D eigenvalue weighted by molar-refractivity contribution is 0.374. The molecule has 2 rings (SSSR count). The summed E-state index contributed by atoms with van der Waals surface area (Å²) >= 11 is 3.32. The maximum atomic E-state index is 12.6. The maximum absolute atomic E-state index is 12.6. The smallest absolute Gasteiger partial charge is 0.244 e. The summed E-state index contributed by atoms with van der Waals surface area (Å²) in [7, 11) is -0.722. The minimum atomic E-state index is -3.66. The summed E-state index contributed by atoms with van der Waals surface area (Å²) in [5, 5.41) is 3.27. The van der Waals surface area contributed by atoms with Gasteiger partial charge in [-0.3, -0.25) is 0 Å². The van der Waals surface area contributed by atoms with Crippen LogP contribution in [0.4, 0.5) is 0 Å². The van der Waals surface area contributed by atoms with Gasteiger partial charge in [0.05, 0.1) is 18.7 Å². The number of halogens is 1. The zero-order chi connectivity index (χ0) is 16.2. The molecular formula is C14H21BrN2O4S. The van der Waals surface area contributed by atoms with Gasteiger partial charge in [0.2, 0.25) is 10.0 Å². The van der Waals surface area contributed by atoms with Gasteiger partial charge in [0.25, 0.3) is 0 Å². The molecule has 1 fully saturated rings. The molecule has 0 aromatic heterocycles. The second kappa shape index (κ2) is 7.63. The van der Waals surface area contributed by atoms with Crippen molar-refractivity contribution in [3.8, 4) is 11.5 Å². The highest BCUT2D eigenvalue weighted by atomic mass is 79.9. The highest BCUT2D eigenvalue weighted by Crippen LogP contribution is 2.35. The van der Waals surface area contributed by atoms with Gasteiger partial charge in [0.1, 0.15) is 16.4 Å². The minimum Gasteiger partial charge on any atom is -0.496 e. The number of benzene rings is 1. The van der Waals surface area contributed by atoms with Crippen LogP contribution < -0.4 is 19.5 Å². The lowest BCUT2D eigenvalue weighted by atomic mass is 10.0. The lowest BCUT2D eigenvalue weighted by Gasteiger charge is -2.23. The minimum absolute atomic E-state index is 0.0822. The molecule has 1 heterocycles. The topological polar surface area (TPSA) is 76.7 Å². The Morgan fingerprint density at radius 2 is 2.05 bits per heavy atom. The summed E-state index contributed by atoms with van der Waals surface area (Å²) in [4.78, 5) is 0.0822. The molecule has 0 aliphatic carbocycles. The zero-order valence-corrected chi connectivity index (χ0v) is 15.1. The Hall–Kier alpha value is -0.830. The van der Waals surface area contributed by atoms with E-state index in [1.54, 1.807) is 6.07 Å². The molecule has 1 unspecified atom stereocenters. The molecule has 0 saturated carbocycles. The van der Waals surface area contributed by atoms with E-state index in [9.17, 15) is 8.42 Å². The fourth-order valence-electron chi connectivity index (χ4n) is 2.45. The van der Waals surface area contributed by atoms with Crippen LogP contribution in [0.1, 0.15) is 12.8 Å². The van der Waals surface area contributed by atoms with E-state index in [1.807, 2.05) is 0 Å². The molecule has 22 heavy (non-hydrogen) atoms. The van der Waals surface area contributed by atoms with Crippen LogP contribution in [-0.4, -0.2) is 42.3 Å². The monoisotopic (exact) mass is 392 g/mol. The van der Waals surface area contributed by atoms with Crippen molar-refractivity contribution in [2.24, 2.45) is 5.92 Å². The van der Waals surface area contributed by atoms with Crippen LogP contribution in [0.15, 0.2) is 21.5 Å². The molecule has 0 bridgehead atoms.